The largest absolute Gasteiger partial charge is 0.457 e. The van der Waals surface area contributed by atoms with Gasteiger partial charge in [0.05, 0.1) is 6.10 Å². The van der Waals surface area contributed by atoms with Crippen molar-refractivity contribution in [1.82, 2.24) is 0 Å². The summed E-state index contributed by atoms with van der Waals surface area (Å²) in [5.41, 5.74) is 0.714. The van der Waals surface area contributed by atoms with Crippen molar-refractivity contribution < 1.29 is 14.3 Å². The number of carbonyl (C=O) groups is 1. The zero-order valence-corrected chi connectivity index (χ0v) is 11.8. The molecular weight excluding hydrogens is 264 g/mol. The zero-order valence-electron chi connectivity index (χ0n) is 11.8. The average molecular weight is 282 g/mol. The van der Waals surface area contributed by atoms with Gasteiger partial charge in [0.2, 0.25) is 0 Å². The van der Waals surface area contributed by atoms with Gasteiger partial charge in [-0.2, -0.15) is 0 Å². The highest BCUT2D eigenvalue weighted by Gasteiger charge is 2.19. The third-order valence-corrected chi connectivity index (χ3v) is 3.59. The molecule has 1 aliphatic rings. The standard InChI is InChI=1S/C18H18O3/c19-18(13-17-7-4-12-20-17)14-8-10-16(11-9-14)21-15-5-2-1-3-6-15/h1-3,5-6,8-11,17H,4,7,12-13H2. The van der Waals surface area contributed by atoms with Crippen LogP contribution in [0, 0.1) is 0 Å². The summed E-state index contributed by atoms with van der Waals surface area (Å²) in [6.45, 7) is 0.780. The summed E-state index contributed by atoms with van der Waals surface area (Å²) in [7, 11) is 0. The lowest BCUT2D eigenvalue weighted by Crippen LogP contribution is -2.12. The van der Waals surface area contributed by atoms with Gasteiger partial charge in [-0.05, 0) is 49.2 Å². The Balaban J connectivity index is 1.62. The molecule has 0 bridgehead atoms. The molecule has 1 atom stereocenters. The van der Waals surface area contributed by atoms with Crippen molar-refractivity contribution in [2.24, 2.45) is 0 Å². The molecule has 21 heavy (non-hydrogen) atoms. The summed E-state index contributed by atoms with van der Waals surface area (Å²) < 4.78 is 11.2. The van der Waals surface area contributed by atoms with E-state index in [1.807, 2.05) is 54.6 Å². The number of rotatable bonds is 5. The number of hydrogen-bond acceptors (Lipinski definition) is 3. The van der Waals surface area contributed by atoms with Gasteiger partial charge < -0.3 is 9.47 Å². The molecule has 0 aliphatic carbocycles. The van der Waals surface area contributed by atoms with Crippen molar-refractivity contribution in [2.45, 2.75) is 25.4 Å². The van der Waals surface area contributed by atoms with Gasteiger partial charge in [-0.3, -0.25) is 4.79 Å². The normalized spacial score (nSPS) is 17.6. The maximum Gasteiger partial charge on any atom is 0.165 e. The number of para-hydroxylation sites is 1. The molecule has 1 aliphatic heterocycles. The Bertz CT molecular complexity index is 584. The van der Waals surface area contributed by atoms with Crippen molar-refractivity contribution in [3.8, 4) is 11.5 Å². The molecule has 3 nitrogen and oxygen atoms in total. The summed E-state index contributed by atoms with van der Waals surface area (Å²) in [5.74, 6) is 1.65. The van der Waals surface area contributed by atoms with Crippen LogP contribution in [0.3, 0.4) is 0 Å². The molecule has 1 fully saturated rings. The highest BCUT2D eigenvalue weighted by molar-refractivity contribution is 5.96. The fourth-order valence-corrected chi connectivity index (χ4v) is 2.46. The predicted molar refractivity (Wildman–Crippen MR) is 80.9 cm³/mol. The number of hydrogen-bond donors (Lipinski definition) is 0. The average Bonchev–Trinajstić information content (AvgIpc) is 3.02. The minimum Gasteiger partial charge on any atom is -0.457 e. The Morgan fingerprint density at radius 3 is 2.43 bits per heavy atom. The maximum absolute atomic E-state index is 12.1. The van der Waals surface area contributed by atoms with Crippen LogP contribution in [0.5, 0.6) is 11.5 Å². The number of ketones is 1. The zero-order chi connectivity index (χ0) is 14.5. The Morgan fingerprint density at radius 1 is 1.05 bits per heavy atom. The van der Waals surface area contributed by atoms with Crippen LogP contribution in [0.4, 0.5) is 0 Å². The van der Waals surface area contributed by atoms with Gasteiger partial charge >= 0.3 is 0 Å². The third kappa shape index (κ3) is 3.70. The van der Waals surface area contributed by atoms with E-state index in [4.69, 9.17) is 9.47 Å². The van der Waals surface area contributed by atoms with Crippen LogP contribution < -0.4 is 4.74 Å². The fourth-order valence-electron chi connectivity index (χ4n) is 2.46. The molecule has 0 amide bonds. The van der Waals surface area contributed by atoms with Crippen molar-refractivity contribution >= 4 is 5.78 Å². The van der Waals surface area contributed by atoms with E-state index in [0.29, 0.717) is 12.0 Å². The molecule has 0 N–H and O–H groups in total. The molecule has 0 radical (unpaired) electrons. The highest BCUT2D eigenvalue weighted by atomic mass is 16.5. The van der Waals surface area contributed by atoms with Crippen LogP contribution in [0.2, 0.25) is 0 Å². The lowest BCUT2D eigenvalue weighted by molar-refractivity contribution is 0.0775. The third-order valence-electron chi connectivity index (χ3n) is 3.59. The van der Waals surface area contributed by atoms with Crippen LogP contribution in [0.1, 0.15) is 29.6 Å². The monoisotopic (exact) mass is 282 g/mol. The van der Waals surface area contributed by atoms with Crippen LogP contribution in [0.15, 0.2) is 54.6 Å². The summed E-state index contributed by atoms with van der Waals surface area (Å²) in [5, 5.41) is 0. The molecule has 1 unspecified atom stereocenters. The lowest BCUT2D eigenvalue weighted by Gasteiger charge is -2.09. The Hall–Kier alpha value is -2.13. The van der Waals surface area contributed by atoms with Gasteiger partial charge in [0.25, 0.3) is 0 Å². The molecule has 0 spiro atoms. The maximum atomic E-state index is 12.1. The first-order valence-electron chi connectivity index (χ1n) is 7.29. The lowest BCUT2D eigenvalue weighted by atomic mass is 10.0. The first-order chi connectivity index (χ1) is 10.3. The molecule has 2 aromatic rings. The Kier molecular flexibility index (Phi) is 4.31. The van der Waals surface area contributed by atoms with Crippen molar-refractivity contribution in [2.75, 3.05) is 6.61 Å². The van der Waals surface area contributed by atoms with Crippen LogP contribution >= 0.6 is 0 Å². The van der Waals surface area contributed by atoms with Crippen LogP contribution in [-0.4, -0.2) is 18.5 Å². The molecule has 0 aromatic heterocycles. The molecule has 1 saturated heterocycles. The predicted octanol–water partition coefficient (Wildman–Crippen LogP) is 4.23. The quantitative estimate of drug-likeness (QED) is 0.770. The van der Waals surface area contributed by atoms with E-state index in [1.54, 1.807) is 0 Å². The van der Waals surface area contributed by atoms with E-state index in [2.05, 4.69) is 0 Å². The van der Waals surface area contributed by atoms with Gasteiger partial charge in [0, 0.05) is 18.6 Å². The molecule has 3 rings (SSSR count). The second-order valence-electron chi connectivity index (χ2n) is 5.20. The number of ether oxygens (including phenoxy) is 2. The van der Waals surface area contributed by atoms with Gasteiger partial charge in [-0.15, -0.1) is 0 Å². The summed E-state index contributed by atoms with van der Waals surface area (Å²) in [4.78, 5) is 12.1. The summed E-state index contributed by atoms with van der Waals surface area (Å²) in [6, 6.07) is 16.9. The van der Waals surface area contributed by atoms with E-state index < -0.39 is 0 Å². The van der Waals surface area contributed by atoms with Crippen molar-refractivity contribution in [1.29, 1.82) is 0 Å². The van der Waals surface area contributed by atoms with Crippen molar-refractivity contribution in [3.05, 3.63) is 60.2 Å². The van der Waals surface area contributed by atoms with E-state index in [1.165, 1.54) is 0 Å². The summed E-state index contributed by atoms with van der Waals surface area (Å²) in [6.07, 6.45) is 2.61. The smallest absolute Gasteiger partial charge is 0.165 e. The molecule has 2 aromatic carbocycles. The topological polar surface area (TPSA) is 35.5 Å². The van der Waals surface area contributed by atoms with Crippen LogP contribution in [0.25, 0.3) is 0 Å². The molecular formula is C18H18O3. The van der Waals surface area contributed by atoms with E-state index in [-0.39, 0.29) is 11.9 Å². The molecule has 1 heterocycles. The fraction of sp³-hybridized carbons (Fsp3) is 0.278. The molecule has 3 heteroatoms. The van der Waals surface area contributed by atoms with E-state index in [0.717, 1.165) is 30.9 Å². The Morgan fingerprint density at radius 2 is 1.76 bits per heavy atom. The van der Waals surface area contributed by atoms with E-state index >= 15 is 0 Å². The Labute approximate surface area is 124 Å². The van der Waals surface area contributed by atoms with Gasteiger partial charge in [-0.25, -0.2) is 0 Å². The molecule has 0 saturated carbocycles. The van der Waals surface area contributed by atoms with Crippen molar-refractivity contribution in [3.63, 3.8) is 0 Å². The highest BCUT2D eigenvalue weighted by Crippen LogP contribution is 2.23. The molecule has 108 valence electrons. The first kappa shape index (κ1) is 13.8. The second kappa shape index (κ2) is 6.55. The first-order valence-corrected chi connectivity index (χ1v) is 7.29. The number of Topliss-reactive ketones (excluding diaryl/α,β-unsaturated/α-hetero) is 1. The van der Waals surface area contributed by atoms with Gasteiger partial charge in [-0.1, -0.05) is 18.2 Å². The van der Waals surface area contributed by atoms with Crippen LogP contribution in [-0.2, 0) is 4.74 Å². The SMILES string of the molecule is O=C(CC1CCCO1)c1ccc(Oc2ccccc2)cc1. The van der Waals surface area contributed by atoms with Gasteiger partial charge in [0.1, 0.15) is 11.5 Å². The van der Waals surface area contributed by atoms with E-state index in [9.17, 15) is 4.79 Å². The number of carbonyl (C=O) groups excluding carboxylic acids is 1. The number of benzene rings is 2. The minimum atomic E-state index is 0.0951. The van der Waals surface area contributed by atoms with Gasteiger partial charge in [0.15, 0.2) is 5.78 Å². The summed E-state index contributed by atoms with van der Waals surface area (Å²) >= 11 is 0. The second-order valence-corrected chi connectivity index (χ2v) is 5.20. The minimum absolute atomic E-state index is 0.0951.